The zero-order valence-electron chi connectivity index (χ0n) is 15.8. The van der Waals surface area contributed by atoms with E-state index in [4.69, 9.17) is 4.74 Å². The van der Waals surface area contributed by atoms with Crippen LogP contribution in [0.15, 0.2) is 48.5 Å². The van der Waals surface area contributed by atoms with E-state index < -0.39 is 0 Å². The number of rotatable bonds is 7. The summed E-state index contributed by atoms with van der Waals surface area (Å²) in [6, 6.07) is 16.0. The van der Waals surface area contributed by atoms with Gasteiger partial charge in [-0.1, -0.05) is 31.2 Å². The van der Waals surface area contributed by atoms with Crippen molar-refractivity contribution in [1.29, 1.82) is 0 Å². The van der Waals surface area contributed by atoms with Crippen LogP contribution in [0.5, 0.6) is 5.75 Å². The van der Waals surface area contributed by atoms with Gasteiger partial charge >= 0.3 is 0 Å². The second kappa shape index (κ2) is 8.92. The minimum absolute atomic E-state index is 0.0401. The molecule has 1 aliphatic rings. The highest BCUT2D eigenvalue weighted by atomic mass is 32.2. The SMILES string of the molecule is CCCn1c(NC(=O)COc2ccc(C3SCCS3)cc2)nc2ccccc21. The fourth-order valence-corrected chi connectivity index (χ4v) is 6.06. The number of carbonyl (C=O) groups excluding carboxylic acids is 1. The molecule has 7 heteroatoms. The number of anilines is 1. The van der Waals surface area contributed by atoms with E-state index in [1.807, 2.05) is 64.5 Å². The molecule has 1 N–H and O–H groups in total. The van der Waals surface area contributed by atoms with Crippen LogP contribution in [-0.2, 0) is 11.3 Å². The van der Waals surface area contributed by atoms with Gasteiger partial charge in [-0.2, -0.15) is 0 Å². The van der Waals surface area contributed by atoms with Crippen molar-refractivity contribution in [2.24, 2.45) is 0 Å². The van der Waals surface area contributed by atoms with E-state index in [1.165, 1.54) is 17.1 Å². The number of ether oxygens (including phenoxy) is 1. The van der Waals surface area contributed by atoms with E-state index >= 15 is 0 Å². The molecule has 0 bridgehead atoms. The molecule has 0 radical (unpaired) electrons. The van der Waals surface area contributed by atoms with Crippen molar-refractivity contribution in [3.05, 3.63) is 54.1 Å². The van der Waals surface area contributed by atoms with E-state index in [0.29, 0.717) is 16.3 Å². The summed E-state index contributed by atoms with van der Waals surface area (Å²) in [5, 5.41) is 2.89. The third-order valence-electron chi connectivity index (χ3n) is 4.50. The highest BCUT2D eigenvalue weighted by Crippen LogP contribution is 2.45. The zero-order chi connectivity index (χ0) is 19.3. The second-order valence-corrected chi connectivity index (χ2v) is 9.28. The predicted molar refractivity (Wildman–Crippen MR) is 118 cm³/mol. The van der Waals surface area contributed by atoms with Crippen molar-refractivity contribution in [2.75, 3.05) is 23.4 Å². The van der Waals surface area contributed by atoms with Crippen molar-refractivity contribution >= 4 is 46.4 Å². The van der Waals surface area contributed by atoms with Gasteiger partial charge in [0.25, 0.3) is 5.91 Å². The predicted octanol–water partition coefficient (Wildman–Crippen LogP) is 4.94. The molecule has 1 amide bonds. The Kier molecular flexibility index (Phi) is 6.12. The fraction of sp³-hybridized carbons (Fsp3) is 0.333. The van der Waals surface area contributed by atoms with Crippen molar-refractivity contribution in [2.45, 2.75) is 24.5 Å². The Balaban J connectivity index is 1.38. The van der Waals surface area contributed by atoms with Crippen molar-refractivity contribution in [3.8, 4) is 5.75 Å². The Bertz CT molecular complexity index is 950. The molecule has 0 aliphatic carbocycles. The van der Waals surface area contributed by atoms with Crippen LogP contribution in [0.25, 0.3) is 11.0 Å². The molecule has 2 heterocycles. The number of nitrogens with zero attached hydrogens (tertiary/aromatic N) is 2. The Morgan fingerprint density at radius 2 is 1.93 bits per heavy atom. The number of aromatic nitrogens is 2. The number of nitrogens with one attached hydrogen (secondary N) is 1. The topological polar surface area (TPSA) is 56.2 Å². The number of hydrogen-bond acceptors (Lipinski definition) is 5. The lowest BCUT2D eigenvalue weighted by atomic mass is 10.2. The molecule has 0 saturated carbocycles. The van der Waals surface area contributed by atoms with Gasteiger partial charge in [0.15, 0.2) is 6.61 Å². The Morgan fingerprint density at radius 3 is 2.68 bits per heavy atom. The Hall–Kier alpha value is -2.12. The van der Waals surface area contributed by atoms with E-state index in [0.717, 1.165) is 24.0 Å². The smallest absolute Gasteiger partial charge is 0.264 e. The fourth-order valence-electron chi connectivity index (χ4n) is 3.20. The number of benzene rings is 2. The first kappa shape index (κ1) is 19.2. The highest BCUT2D eigenvalue weighted by Gasteiger charge is 2.18. The van der Waals surface area contributed by atoms with Crippen molar-refractivity contribution in [1.82, 2.24) is 9.55 Å². The number of carbonyl (C=O) groups is 1. The molecular formula is C21H23N3O2S2. The van der Waals surface area contributed by atoms with Crippen LogP contribution in [0.1, 0.15) is 23.5 Å². The second-order valence-electron chi connectivity index (χ2n) is 6.56. The number of amides is 1. The molecule has 1 aliphatic heterocycles. The summed E-state index contributed by atoms with van der Waals surface area (Å²) < 4.78 is 8.23. The first-order chi connectivity index (χ1) is 13.7. The average molecular weight is 414 g/mol. The molecule has 4 rings (SSSR count). The monoisotopic (exact) mass is 413 g/mol. The van der Waals surface area contributed by atoms with Crippen LogP contribution in [0.4, 0.5) is 5.95 Å². The number of aryl methyl sites for hydroxylation is 1. The molecule has 1 aromatic heterocycles. The number of thioether (sulfide) groups is 2. The van der Waals surface area contributed by atoms with Crippen LogP contribution in [0, 0.1) is 0 Å². The summed E-state index contributed by atoms with van der Waals surface area (Å²) in [5.41, 5.74) is 3.21. The molecule has 146 valence electrons. The summed E-state index contributed by atoms with van der Waals surface area (Å²) in [4.78, 5) is 17.0. The van der Waals surface area contributed by atoms with Crippen molar-refractivity contribution in [3.63, 3.8) is 0 Å². The van der Waals surface area contributed by atoms with Crippen molar-refractivity contribution < 1.29 is 9.53 Å². The van der Waals surface area contributed by atoms with Gasteiger partial charge in [-0.3, -0.25) is 10.1 Å². The van der Waals surface area contributed by atoms with Gasteiger partial charge in [-0.15, -0.1) is 23.5 Å². The molecule has 5 nitrogen and oxygen atoms in total. The van der Waals surface area contributed by atoms with E-state index in [9.17, 15) is 4.79 Å². The quantitative estimate of drug-likeness (QED) is 0.594. The average Bonchev–Trinajstić information content (AvgIpc) is 3.36. The molecule has 3 aromatic rings. The molecule has 28 heavy (non-hydrogen) atoms. The normalized spacial score (nSPS) is 14.5. The van der Waals surface area contributed by atoms with Gasteiger partial charge in [0.2, 0.25) is 5.95 Å². The highest BCUT2D eigenvalue weighted by molar-refractivity contribution is 8.19. The maximum Gasteiger partial charge on any atom is 0.264 e. The van der Waals surface area contributed by atoms with Crippen LogP contribution >= 0.6 is 23.5 Å². The molecule has 1 fully saturated rings. The van der Waals surface area contributed by atoms with Gasteiger partial charge in [-0.25, -0.2) is 4.98 Å². The van der Waals surface area contributed by atoms with Gasteiger partial charge in [-0.05, 0) is 36.2 Å². The standard InChI is InChI=1S/C21H23N3O2S2/c1-2-11-24-18-6-4-3-5-17(18)22-21(24)23-19(25)14-26-16-9-7-15(8-10-16)20-27-12-13-28-20/h3-10,20H,2,11-14H2,1H3,(H,22,23,25). The largest absolute Gasteiger partial charge is 0.484 e. The Labute approximate surface area is 173 Å². The third-order valence-corrected chi connectivity index (χ3v) is 7.60. The van der Waals surface area contributed by atoms with E-state index in [1.54, 1.807) is 0 Å². The zero-order valence-corrected chi connectivity index (χ0v) is 17.4. The summed E-state index contributed by atoms with van der Waals surface area (Å²) in [7, 11) is 0. The van der Waals surface area contributed by atoms with Gasteiger partial charge in [0, 0.05) is 18.1 Å². The minimum atomic E-state index is -0.210. The third kappa shape index (κ3) is 4.31. The van der Waals surface area contributed by atoms with Gasteiger partial charge in [0.1, 0.15) is 5.75 Å². The first-order valence-electron chi connectivity index (χ1n) is 9.45. The van der Waals surface area contributed by atoms with Crippen LogP contribution in [0.2, 0.25) is 0 Å². The Morgan fingerprint density at radius 1 is 1.18 bits per heavy atom. The van der Waals surface area contributed by atoms with Gasteiger partial charge < -0.3 is 9.30 Å². The number of para-hydroxylation sites is 2. The maximum atomic E-state index is 12.4. The summed E-state index contributed by atoms with van der Waals surface area (Å²) in [6.07, 6.45) is 0.962. The molecule has 0 atom stereocenters. The van der Waals surface area contributed by atoms with E-state index in [-0.39, 0.29) is 12.5 Å². The number of fused-ring (bicyclic) bond motifs is 1. The number of hydrogen-bond donors (Lipinski definition) is 1. The molecule has 0 spiro atoms. The maximum absolute atomic E-state index is 12.4. The minimum Gasteiger partial charge on any atom is -0.484 e. The molecule has 2 aromatic carbocycles. The molecular weight excluding hydrogens is 390 g/mol. The summed E-state index contributed by atoms with van der Waals surface area (Å²) >= 11 is 3.95. The lowest BCUT2D eigenvalue weighted by Crippen LogP contribution is -2.22. The summed E-state index contributed by atoms with van der Waals surface area (Å²) in [6.45, 7) is 2.87. The van der Waals surface area contributed by atoms with Crippen LogP contribution in [-0.4, -0.2) is 33.6 Å². The lowest BCUT2D eigenvalue weighted by molar-refractivity contribution is -0.118. The summed E-state index contributed by atoms with van der Waals surface area (Å²) in [5.74, 6) is 3.47. The number of imidazole rings is 1. The first-order valence-corrected chi connectivity index (χ1v) is 11.6. The van der Waals surface area contributed by atoms with Crippen LogP contribution in [0.3, 0.4) is 0 Å². The molecule has 0 unspecified atom stereocenters. The van der Waals surface area contributed by atoms with E-state index in [2.05, 4.69) is 29.4 Å². The van der Waals surface area contributed by atoms with Crippen LogP contribution < -0.4 is 10.1 Å². The lowest BCUT2D eigenvalue weighted by Gasteiger charge is -2.11. The van der Waals surface area contributed by atoms with Gasteiger partial charge in [0.05, 0.1) is 15.6 Å². The molecule has 1 saturated heterocycles.